The van der Waals surface area contributed by atoms with Crippen molar-refractivity contribution in [2.24, 2.45) is 4.99 Å². The number of aliphatic imine (C=N–C) groups is 1. The van der Waals surface area contributed by atoms with Crippen molar-refractivity contribution in [2.75, 3.05) is 51.7 Å². The Kier molecular flexibility index (Phi) is 12.9. The van der Waals surface area contributed by atoms with Crippen LogP contribution in [0.15, 0.2) is 29.3 Å². The van der Waals surface area contributed by atoms with Gasteiger partial charge in [-0.25, -0.2) is 0 Å². The standard InChI is InChI=1S/C19H33N5O.HI/c1-6-20-19(21-12-11-18(25)23(4)5)22-13-14-24(7-2)17-10-8-9-16(3)15-17;/h8-10,15H,6-7,11-14H2,1-5H3,(H2,20,21,22);1H. The Morgan fingerprint density at radius 3 is 2.50 bits per heavy atom. The number of hydrogen-bond acceptors (Lipinski definition) is 3. The van der Waals surface area contributed by atoms with E-state index in [-0.39, 0.29) is 29.9 Å². The molecule has 1 aromatic carbocycles. The number of carbonyl (C=O) groups is 1. The van der Waals surface area contributed by atoms with Gasteiger partial charge >= 0.3 is 0 Å². The van der Waals surface area contributed by atoms with Gasteiger partial charge in [-0.3, -0.25) is 9.79 Å². The number of anilines is 1. The normalized spacial score (nSPS) is 10.7. The number of halogens is 1. The van der Waals surface area contributed by atoms with Crippen molar-refractivity contribution in [1.29, 1.82) is 0 Å². The smallest absolute Gasteiger partial charge is 0.223 e. The summed E-state index contributed by atoms with van der Waals surface area (Å²) in [4.78, 5) is 20.0. The SMILES string of the molecule is CCNC(=NCCC(=O)N(C)C)NCCN(CC)c1cccc(C)c1.I. The van der Waals surface area contributed by atoms with E-state index < -0.39 is 0 Å². The summed E-state index contributed by atoms with van der Waals surface area (Å²) in [7, 11) is 3.53. The van der Waals surface area contributed by atoms with Crippen LogP contribution in [0.1, 0.15) is 25.8 Å². The number of aryl methyl sites for hydroxylation is 1. The van der Waals surface area contributed by atoms with E-state index in [4.69, 9.17) is 0 Å². The van der Waals surface area contributed by atoms with Gasteiger partial charge in [0.15, 0.2) is 5.96 Å². The zero-order valence-corrected chi connectivity index (χ0v) is 19.0. The summed E-state index contributed by atoms with van der Waals surface area (Å²) < 4.78 is 0. The maximum absolute atomic E-state index is 11.6. The molecule has 0 aliphatic carbocycles. The first-order chi connectivity index (χ1) is 12.0. The minimum absolute atomic E-state index is 0. The van der Waals surface area contributed by atoms with Crippen molar-refractivity contribution in [3.05, 3.63) is 29.8 Å². The van der Waals surface area contributed by atoms with Crippen LogP contribution >= 0.6 is 24.0 Å². The van der Waals surface area contributed by atoms with Crippen molar-refractivity contribution in [3.8, 4) is 0 Å². The zero-order valence-electron chi connectivity index (χ0n) is 16.7. The Morgan fingerprint density at radius 2 is 1.92 bits per heavy atom. The zero-order chi connectivity index (χ0) is 18.7. The second-order valence-electron chi connectivity index (χ2n) is 6.14. The Morgan fingerprint density at radius 1 is 1.19 bits per heavy atom. The fourth-order valence-electron chi connectivity index (χ4n) is 2.43. The molecule has 26 heavy (non-hydrogen) atoms. The molecule has 0 atom stereocenters. The molecule has 1 rings (SSSR count). The number of carbonyl (C=O) groups excluding carboxylic acids is 1. The van der Waals surface area contributed by atoms with Crippen LogP contribution in [-0.4, -0.2) is 63.6 Å². The lowest BCUT2D eigenvalue weighted by atomic mass is 10.2. The van der Waals surface area contributed by atoms with Crippen LogP contribution in [0.5, 0.6) is 0 Å². The summed E-state index contributed by atoms with van der Waals surface area (Å²) in [6, 6.07) is 8.55. The van der Waals surface area contributed by atoms with E-state index >= 15 is 0 Å². The number of guanidine groups is 1. The van der Waals surface area contributed by atoms with Crippen LogP contribution in [0.4, 0.5) is 5.69 Å². The molecule has 6 nitrogen and oxygen atoms in total. The van der Waals surface area contributed by atoms with Gasteiger partial charge < -0.3 is 20.4 Å². The molecule has 0 aromatic heterocycles. The molecule has 0 radical (unpaired) electrons. The second-order valence-corrected chi connectivity index (χ2v) is 6.14. The number of nitrogens with one attached hydrogen (secondary N) is 2. The van der Waals surface area contributed by atoms with Crippen LogP contribution in [0.2, 0.25) is 0 Å². The number of rotatable bonds is 9. The first kappa shape index (κ1) is 24.5. The molecule has 0 aliphatic heterocycles. The Balaban J connectivity index is 0.00000625. The summed E-state index contributed by atoms with van der Waals surface area (Å²) in [5, 5.41) is 6.57. The van der Waals surface area contributed by atoms with Crippen LogP contribution in [0.25, 0.3) is 0 Å². The maximum atomic E-state index is 11.6. The molecule has 0 saturated heterocycles. The van der Waals surface area contributed by atoms with E-state index in [0.717, 1.165) is 32.1 Å². The summed E-state index contributed by atoms with van der Waals surface area (Å²) >= 11 is 0. The van der Waals surface area contributed by atoms with Gasteiger partial charge in [-0.2, -0.15) is 0 Å². The lowest BCUT2D eigenvalue weighted by Crippen LogP contribution is -2.42. The van der Waals surface area contributed by atoms with Gasteiger partial charge in [0, 0.05) is 52.4 Å². The van der Waals surface area contributed by atoms with Gasteiger partial charge in [0.25, 0.3) is 0 Å². The molecule has 0 saturated carbocycles. The molecule has 148 valence electrons. The fourth-order valence-corrected chi connectivity index (χ4v) is 2.43. The van der Waals surface area contributed by atoms with Crippen molar-refractivity contribution in [2.45, 2.75) is 27.2 Å². The monoisotopic (exact) mass is 475 g/mol. The van der Waals surface area contributed by atoms with Gasteiger partial charge in [-0.15, -0.1) is 24.0 Å². The third-order valence-electron chi connectivity index (χ3n) is 3.86. The fraction of sp³-hybridized carbons (Fsp3) is 0.579. The molecule has 1 amide bonds. The third kappa shape index (κ3) is 9.26. The van der Waals surface area contributed by atoms with E-state index in [0.29, 0.717) is 13.0 Å². The predicted octanol–water partition coefficient (Wildman–Crippen LogP) is 2.47. The number of nitrogens with zero attached hydrogens (tertiary/aromatic N) is 3. The maximum Gasteiger partial charge on any atom is 0.223 e. The minimum atomic E-state index is 0. The number of amides is 1. The lowest BCUT2D eigenvalue weighted by Gasteiger charge is -2.24. The average Bonchev–Trinajstić information content (AvgIpc) is 2.58. The second kappa shape index (κ2) is 13.7. The molecule has 7 heteroatoms. The van der Waals surface area contributed by atoms with E-state index in [2.05, 4.69) is 58.6 Å². The van der Waals surface area contributed by atoms with Crippen LogP contribution in [0, 0.1) is 6.92 Å². The highest BCUT2D eigenvalue weighted by Crippen LogP contribution is 2.14. The Labute approximate surface area is 175 Å². The molecule has 0 spiro atoms. The van der Waals surface area contributed by atoms with Crippen molar-refractivity contribution in [3.63, 3.8) is 0 Å². The van der Waals surface area contributed by atoms with E-state index in [9.17, 15) is 4.79 Å². The molecule has 2 N–H and O–H groups in total. The van der Waals surface area contributed by atoms with E-state index in [1.54, 1.807) is 19.0 Å². The summed E-state index contributed by atoms with van der Waals surface area (Å²) in [5.41, 5.74) is 2.51. The van der Waals surface area contributed by atoms with E-state index in [1.165, 1.54) is 11.3 Å². The first-order valence-electron chi connectivity index (χ1n) is 9.01. The van der Waals surface area contributed by atoms with Gasteiger partial charge in [0.2, 0.25) is 5.91 Å². The van der Waals surface area contributed by atoms with Crippen LogP contribution < -0.4 is 15.5 Å². The number of likely N-dealkylation sites (N-methyl/N-ethyl adjacent to an activating group) is 1. The molecule has 0 bridgehead atoms. The van der Waals surface area contributed by atoms with Crippen LogP contribution in [0.3, 0.4) is 0 Å². The summed E-state index contributed by atoms with van der Waals surface area (Å²) in [5.74, 6) is 0.852. The minimum Gasteiger partial charge on any atom is -0.370 e. The van der Waals surface area contributed by atoms with Gasteiger partial charge in [0.05, 0.1) is 6.54 Å². The highest BCUT2D eigenvalue weighted by atomic mass is 127. The lowest BCUT2D eigenvalue weighted by molar-refractivity contribution is -0.128. The molecule has 1 aromatic rings. The summed E-state index contributed by atoms with van der Waals surface area (Å²) in [6.07, 6.45) is 0.425. The molecule has 0 unspecified atom stereocenters. The molecule has 0 heterocycles. The van der Waals surface area contributed by atoms with Gasteiger partial charge in [0.1, 0.15) is 0 Å². The van der Waals surface area contributed by atoms with E-state index in [1.807, 2.05) is 6.92 Å². The van der Waals surface area contributed by atoms with Gasteiger partial charge in [-0.1, -0.05) is 12.1 Å². The third-order valence-corrected chi connectivity index (χ3v) is 3.86. The quantitative estimate of drug-likeness (QED) is 0.328. The van der Waals surface area contributed by atoms with Crippen molar-refractivity contribution in [1.82, 2.24) is 15.5 Å². The molecular weight excluding hydrogens is 441 g/mol. The highest BCUT2D eigenvalue weighted by Gasteiger charge is 2.06. The number of benzene rings is 1. The van der Waals surface area contributed by atoms with Crippen LogP contribution in [-0.2, 0) is 4.79 Å². The van der Waals surface area contributed by atoms with Gasteiger partial charge in [-0.05, 0) is 38.5 Å². The molecule has 0 fully saturated rings. The molecular formula is C19H34IN5O. The predicted molar refractivity (Wildman–Crippen MR) is 122 cm³/mol. The average molecular weight is 475 g/mol. The first-order valence-corrected chi connectivity index (χ1v) is 9.01. The topological polar surface area (TPSA) is 60.0 Å². The largest absolute Gasteiger partial charge is 0.370 e. The summed E-state index contributed by atoms with van der Waals surface area (Å²) in [6.45, 7) is 10.2. The Bertz CT molecular complexity index is 563. The van der Waals surface area contributed by atoms with Crippen molar-refractivity contribution < 1.29 is 4.79 Å². The molecule has 0 aliphatic rings. The highest BCUT2D eigenvalue weighted by molar-refractivity contribution is 14.0. The Hall–Kier alpha value is -1.51. The van der Waals surface area contributed by atoms with Crippen molar-refractivity contribution >= 4 is 41.5 Å². The number of hydrogen-bond donors (Lipinski definition) is 2.